The van der Waals surface area contributed by atoms with Crippen molar-refractivity contribution in [3.63, 3.8) is 0 Å². The van der Waals surface area contributed by atoms with Crippen molar-refractivity contribution in [2.75, 3.05) is 0 Å². The maximum atomic E-state index is 12.0. The number of carbonyl (C=O) groups is 1. The van der Waals surface area contributed by atoms with Crippen molar-refractivity contribution in [2.45, 2.75) is 20.4 Å². The molecule has 0 aliphatic heterocycles. The summed E-state index contributed by atoms with van der Waals surface area (Å²) < 4.78 is 1.66. The Labute approximate surface area is 98.1 Å². The van der Waals surface area contributed by atoms with Crippen LogP contribution in [-0.4, -0.2) is 15.6 Å². The molecule has 0 bridgehead atoms. The molecule has 0 fully saturated rings. The fourth-order valence-corrected chi connectivity index (χ4v) is 2.14. The predicted molar refractivity (Wildman–Crippen MR) is 65.6 cm³/mol. The first-order valence-corrected chi connectivity index (χ1v) is 5.43. The molecule has 88 valence electrons. The minimum Gasteiger partial charge on any atom is -0.477 e. The molecule has 0 radical (unpaired) electrons. The van der Waals surface area contributed by atoms with E-state index in [1.165, 1.54) is 0 Å². The van der Waals surface area contributed by atoms with Gasteiger partial charge in [-0.3, -0.25) is 4.79 Å². The van der Waals surface area contributed by atoms with Crippen molar-refractivity contribution >= 4 is 16.9 Å². The molecule has 0 spiro atoms. The van der Waals surface area contributed by atoms with E-state index in [4.69, 9.17) is 0 Å². The van der Waals surface area contributed by atoms with Gasteiger partial charge in [0.25, 0.3) is 0 Å². The lowest BCUT2D eigenvalue weighted by molar-refractivity contribution is 0.0684. The highest BCUT2D eigenvalue weighted by atomic mass is 16.4. The lowest BCUT2D eigenvalue weighted by Gasteiger charge is -2.14. The summed E-state index contributed by atoms with van der Waals surface area (Å²) in [4.78, 5) is 23.3. The summed E-state index contributed by atoms with van der Waals surface area (Å²) in [5.41, 5.74) is 0.833. The minimum absolute atomic E-state index is 0.0798. The molecule has 0 amide bonds. The van der Waals surface area contributed by atoms with Crippen LogP contribution in [-0.2, 0) is 6.54 Å². The molecule has 0 aliphatic carbocycles. The first kappa shape index (κ1) is 11.4. The van der Waals surface area contributed by atoms with E-state index in [9.17, 15) is 14.7 Å². The number of rotatable bonds is 2. The van der Waals surface area contributed by atoms with Crippen molar-refractivity contribution in [1.82, 2.24) is 4.57 Å². The van der Waals surface area contributed by atoms with Crippen LogP contribution in [0.15, 0.2) is 29.1 Å². The third kappa shape index (κ3) is 1.62. The van der Waals surface area contributed by atoms with Crippen LogP contribution in [0, 0.1) is 6.92 Å². The van der Waals surface area contributed by atoms with Gasteiger partial charge < -0.3 is 9.67 Å². The number of fused-ring (bicyclic) bond motifs is 1. The Balaban J connectivity index is 3.06. The molecule has 1 heterocycles. The number of aromatic nitrogens is 1. The molecular formula is C13H13NO3. The highest BCUT2D eigenvalue weighted by molar-refractivity contribution is 5.92. The van der Waals surface area contributed by atoms with Gasteiger partial charge in [-0.15, -0.1) is 0 Å². The Morgan fingerprint density at radius 3 is 2.59 bits per heavy atom. The molecule has 0 saturated carbocycles. The van der Waals surface area contributed by atoms with Gasteiger partial charge >= 0.3 is 5.97 Å². The molecule has 0 atom stereocenters. The van der Waals surface area contributed by atoms with Crippen LogP contribution in [0.2, 0.25) is 0 Å². The van der Waals surface area contributed by atoms with Gasteiger partial charge in [0.05, 0.1) is 5.52 Å². The second-order valence-electron chi connectivity index (χ2n) is 3.87. The quantitative estimate of drug-likeness (QED) is 0.860. The largest absolute Gasteiger partial charge is 0.477 e. The molecular weight excluding hydrogens is 218 g/mol. The average Bonchev–Trinajstić information content (AvgIpc) is 2.33. The third-order valence-electron chi connectivity index (χ3n) is 2.92. The van der Waals surface area contributed by atoms with Crippen LogP contribution in [0.4, 0.5) is 0 Å². The zero-order valence-corrected chi connectivity index (χ0v) is 9.73. The smallest absolute Gasteiger partial charge is 0.352 e. The molecule has 0 aliphatic rings. The molecule has 0 unspecified atom stereocenters. The number of hydrogen-bond donors (Lipinski definition) is 1. The predicted octanol–water partition coefficient (Wildman–Crippen LogP) is 2.03. The van der Waals surface area contributed by atoms with Gasteiger partial charge in [-0.2, -0.15) is 0 Å². The van der Waals surface area contributed by atoms with Gasteiger partial charge in [0.15, 0.2) is 5.43 Å². The molecule has 0 saturated heterocycles. The summed E-state index contributed by atoms with van der Waals surface area (Å²) >= 11 is 0. The molecule has 4 nitrogen and oxygen atoms in total. The van der Waals surface area contributed by atoms with Crippen molar-refractivity contribution < 1.29 is 9.90 Å². The van der Waals surface area contributed by atoms with Crippen molar-refractivity contribution in [3.05, 3.63) is 45.7 Å². The minimum atomic E-state index is -1.06. The maximum Gasteiger partial charge on any atom is 0.352 e. The van der Waals surface area contributed by atoms with Gasteiger partial charge in [-0.1, -0.05) is 12.1 Å². The van der Waals surface area contributed by atoms with Crippen molar-refractivity contribution in [1.29, 1.82) is 0 Å². The fourth-order valence-electron chi connectivity index (χ4n) is 2.14. The number of carboxylic acid groups (broad SMARTS) is 1. The first-order valence-electron chi connectivity index (χ1n) is 5.43. The highest BCUT2D eigenvalue weighted by Gasteiger charge is 2.17. The summed E-state index contributed by atoms with van der Waals surface area (Å²) in [5.74, 6) is -1.06. The zero-order chi connectivity index (χ0) is 12.6. The van der Waals surface area contributed by atoms with E-state index in [0.29, 0.717) is 17.4 Å². The number of benzene rings is 1. The van der Waals surface area contributed by atoms with Crippen molar-refractivity contribution in [2.24, 2.45) is 0 Å². The summed E-state index contributed by atoms with van der Waals surface area (Å²) in [7, 11) is 0. The molecule has 1 N–H and O–H groups in total. The van der Waals surface area contributed by atoms with Gasteiger partial charge in [-0.25, -0.2) is 4.79 Å². The van der Waals surface area contributed by atoms with E-state index in [0.717, 1.165) is 0 Å². The summed E-state index contributed by atoms with van der Waals surface area (Å²) in [6.45, 7) is 3.94. The standard InChI is InChI=1S/C13H13NO3/c1-3-14-10-7-5-4-6-9(10)12(15)8(2)11(14)13(16)17/h4-7H,3H2,1-2H3,(H,16,17). The van der Waals surface area contributed by atoms with E-state index >= 15 is 0 Å². The van der Waals surface area contributed by atoms with Gasteiger partial charge in [-0.05, 0) is 26.0 Å². The average molecular weight is 231 g/mol. The fraction of sp³-hybridized carbons (Fsp3) is 0.231. The number of aryl methyl sites for hydroxylation is 1. The zero-order valence-electron chi connectivity index (χ0n) is 9.73. The number of pyridine rings is 1. The Kier molecular flexibility index (Phi) is 2.71. The normalized spacial score (nSPS) is 10.7. The second kappa shape index (κ2) is 4.05. The Morgan fingerprint density at radius 1 is 1.35 bits per heavy atom. The van der Waals surface area contributed by atoms with E-state index < -0.39 is 5.97 Å². The molecule has 4 heteroatoms. The number of para-hydroxylation sites is 1. The van der Waals surface area contributed by atoms with Crippen LogP contribution >= 0.6 is 0 Å². The van der Waals surface area contributed by atoms with Gasteiger partial charge in [0.2, 0.25) is 0 Å². The Bertz CT molecular complexity index is 655. The molecule has 1 aromatic carbocycles. The van der Waals surface area contributed by atoms with Crippen LogP contribution in [0.3, 0.4) is 0 Å². The van der Waals surface area contributed by atoms with Crippen LogP contribution in [0.5, 0.6) is 0 Å². The van der Waals surface area contributed by atoms with E-state index in [-0.39, 0.29) is 16.7 Å². The first-order chi connectivity index (χ1) is 8.07. The maximum absolute atomic E-state index is 12.0. The molecule has 2 aromatic rings. The van der Waals surface area contributed by atoms with E-state index in [1.54, 1.807) is 35.8 Å². The lowest BCUT2D eigenvalue weighted by Crippen LogP contribution is -2.21. The third-order valence-corrected chi connectivity index (χ3v) is 2.92. The SMILES string of the molecule is CCn1c(C(=O)O)c(C)c(=O)c2ccccc21. The summed E-state index contributed by atoms with van der Waals surface area (Å²) in [6, 6.07) is 7.08. The van der Waals surface area contributed by atoms with Crippen LogP contribution in [0.25, 0.3) is 10.9 Å². The Morgan fingerprint density at radius 2 is 2.00 bits per heavy atom. The molecule has 17 heavy (non-hydrogen) atoms. The monoisotopic (exact) mass is 231 g/mol. The Hall–Kier alpha value is -2.10. The number of nitrogens with zero attached hydrogens (tertiary/aromatic N) is 1. The molecule has 1 aromatic heterocycles. The van der Waals surface area contributed by atoms with E-state index in [2.05, 4.69) is 0 Å². The van der Waals surface area contributed by atoms with Gasteiger partial charge in [0, 0.05) is 17.5 Å². The van der Waals surface area contributed by atoms with Crippen LogP contribution < -0.4 is 5.43 Å². The van der Waals surface area contributed by atoms with E-state index in [1.807, 2.05) is 6.92 Å². The van der Waals surface area contributed by atoms with Gasteiger partial charge in [0.1, 0.15) is 5.69 Å². The van der Waals surface area contributed by atoms with Crippen molar-refractivity contribution in [3.8, 4) is 0 Å². The molecule has 2 rings (SSSR count). The number of aromatic carboxylic acids is 1. The lowest BCUT2D eigenvalue weighted by atomic mass is 10.1. The summed E-state index contributed by atoms with van der Waals surface area (Å²) in [6.07, 6.45) is 0. The number of hydrogen-bond acceptors (Lipinski definition) is 2. The van der Waals surface area contributed by atoms with Crippen LogP contribution in [0.1, 0.15) is 23.0 Å². The summed E-state index contributed by atoms with van der Waals surface area (Å²) in [5, 5.41) is 9.77. The topological polar surface area (TPSA) is 59.3 Å². The second-order valence-corrected chi connectivity index (χ2v) is 3.87. The number of carboxylic acids is 1. The highest BCUT2D eigenvalue weighted by Crippen LogP contribution is 2.16.